The summed E-state index contributed by atoms with van der Waals surface area (Å²) in [6, 6.07) is 2.48. The lowest BCUT2D eigenvalue weighted by molar-refractivity contribution is 0.159. The van der Waals surface area contributed by atoms with Crippen molar-refractivity contribution >= 4 is 0 Å². The smallest absolute Gasteiger partial charge is 0.0111 e. The molecule has 2 heterocycles. The first-order valence-corrected chi connectivity index (χ1v) is 7.07. The van der Waals surface area contributed by atoms with E-state index in [0.717, 1.165) is 18.1 Å². The fourth-order valence-electron chi connectivity index (χ4n) is 3.65. The lowest BCUT2D eigenvalue weighted by Gasteiger charge is -2.37. The van der Waals surface area contributed by atoms with Crippen molar-refractivity contribution in [2.75, 3.05) is 13.1 Å². The molecule has 90 valence electrons. The number of nitrogens with zero attached hydrogens (tertiary/aromatic N) is 1. The largest absolute Gasteiger partial charge is 0.311 e. The number of hydrogen-bond donors (Lipinski definition) is 1. The van der Waals surface area contributed by atoms with E-state index in [0.29, 0.717) is 0 Å². The zero-order chi connectivity index (χ0) is 10.8. The Morgan fingerprint density at radius 1 is 1.00 bits per heavy atom. The van der Waals surface area contributed by atoms with Crippen molar-refractivity contribution in [2.24, 2.45) is 0 Å². The lowest BCUT2D eigenvalue weighted by atomic mass is 9.94. The third-order valence-electron chi connectivity index (χ3n) is 4.56. The van der Waals surface area contributed by atoms with Crippen LogP contribution in [0.15, 0.2) is 12.2 Å². The van der Waals surface area contributed by atoms with Crippen molar-refractivity contribution in [3.63, 3.8) is 0 Å². The zero-order valence-corrected chi connectivity index (χ0v) is 10.2. The molecule has 1 N–H and O–H groups in total. The van der Waals surface area contributed by atoms with E-state index in [1.165, 1.54) is 58.0 Å². The molecule has 2 saturated heterocycles. The van der Waals surface area contributed by atoms with E-state index in [4.69, 9.17) is 0 Å². The van der Waals surface area contributed by atoms with Crippen molar-refractivity contribution in [1.29, 1.82) is 0 Å². The highest BCUT2D eigenvalue weighted by molar-refractivity contribution is 4.96. The third kappa shape index (κ3) is 2.33. The Morgan fingerprint density at radius 2 is 2.00 bits per heavy atom. The summed E-state index contributed by atoms with van der Waals surface area (Å²) in [5.74, 6) is 0. The molecule has 2 heteroatoms. The minimum atomic E-state index is 0.767. The van der Waals surface area contributed by atoms with E-state index >= 15 is 0 Å². The molecule has 0 aromatic rings. The molecule has 0 amide bonds. The normalized spacial score (nSPS) is 39.9. The summed E-state index contributed by atoms with van der Waals surface area (Å²) in [4.78, 5) is 2.71. The van der Waals surface area contributed by atoms with E-state index in [2.05, 4.69) is 22.4 Å². The highest BCUT2D eigenvalue weighted by Crippen LogP contribution is 2.27. The fourth-order valence-corrected chi connectivity index (χ4v) is 3.65. The van der Waals surface area contributed by atoms with Crippen molar-refractivity contribution in [1.82, 2.24) is 10.2 Å². The van der Waals surface area contributed by atoms with Gasteiger partial charge in [-0.2, -0.15) is 0 Å². The van der Waals surface area contributed by atoms with E-state index in [9.17, 15) is 0 Å². The summed E-state index contributed by atoms with van der Waals surface area (Å²) in [6.07, 6.45) is 14.2. The number of nitrogens with one attached hydrogen (secondary N) is 1. The highest BCUT2D eigenvalue weighted by Gasteiger charge is 2.32. The average molecular weight is 220 g/mol. The molecule has 3 aliphatic rings. The van der Waals surface area contributed by atoms with Crippen LogP contribution in [0.5, 0.6) is 0 Å². The van der Waals surface area contributed by atoms with Crippen LogP contribution < -0.4 is 5.32 Å². The van der Waals surface area contributed by atoms with Gasteiger partial charge in [0.05, 0.1) is 0 Å². The molecule has 2 aliphatic heterocycles. The first kappa shape index (κ1) is 10.8. The number of fused-ring (bicyclic) bond motifs is 1. The topological polar surface area (TPSA) is 15.3 Å². The van der Waals surface area contributed by atoms with Gasteiger partial charge in [0.25, 0.3) is 0 Å². The number of rotatable bonds is 2. The number of allylic oxidation sites excluding steroid dienone is 1. The average Bonchev–Trinajstić information content (AvgIpc) is 2.77. The van der Waals surface area contributed by atoms with Gasteiger partial charge in [0.2, 0.25) is 0 Å². The van der Waals surface area contributed by atoms with E-state index in [1.807, 2.05) is 0 Å². The standard InChI is InChI=1S/C14H24N2/c1-2-5-12(6-3-1)15-13-8-10-16-9-4-7-14(16)11-13/h1-2,12-15H,3-11H2. The summed E-state index contributed by atoms with van der Waals surface area (Å²) in [5, 5.41) is 3.89. The van der Waals surface area contributed by atoms with Crippen molar-refractivity contribution in [3.05, 3.63) is 12.2 Å². The van der Waals surface area contributed by atoms with Crippen LogP contribution >= 0.6 is 0 Å². The first-order valence-electron chi connectivity index (χ1n) is 7.07. The van der Waals surface area contributed by atoms with Crippen LogP contribution in [-0.4, -0.2) is 36.1 Å². The quantitative estimate of drug-likeness (QED) is 0.718. The van der Waals surface area contributed by atoms with Crippen molar-refractivity contribution < 1.29 is 0 Å². The highest BCUT2D eigenvalue weighted by atomic mass is 15.2. The molecule has 0 bridgehead atoms. The van der Waals surface area contributed by atoms with Crippen molar-refractivity contribution in [3.8, 4) is 0 Å². The van der Waals surface area contributed by atoms with Gasteiger partial charge >= 0.3 is 0 Å². The van der Waals surface area contributed by atoms with E-state index < -0.39 is 0 Å². The summed E-state index contributed by atoms with van der Waals surface area (Å²) < 4.78 is 0. The molecule has 3 rings (SSSR count). The minimum Gasteiger partial charge on any atom is -0.311 e. The van der Waals surface area contributed by atoms with E-state index in [1.54, 1.807) is 0 Å². The third-order valence-corrected chi connectivity index (χ3v) is 4.56. The lowest BCUT2D eigenvalue weighted by Crippen LogP contribution is -2.48. The monoisotopic (exact) mass is 220 g/mol. The summed E-state index contributed by atoms with van der Waals surface area (Å²) in [6.45, 7) is 2.70. The SMILES string of the molecule is C1=CCC(NC2CCN3CCCC3C2)CC1. The first-order chi connectivity index (χ1) is 7.92. The van der Waals surface area contributed by atoms with Gasteiger partial charge in [-0.15, -0.1) is 0 Å². The Morgan fingerprint density at radius 3 is 2.88 bits per heavy atom. The molecule has 2 nitrogen and oxygen atoms in total. The second-order valence-electron chi connectivity index (χ2n) is 5.70. The molecule has 2 fully saturated rings. The van der Waals surface area contributed by atoms with Crippen LogP contribution in [0.1, 0.15) is 44.9 Å². The molecule has 0 saturated carbocycles. The van der Waals surface area contributed by atoms with Crippen molar-refractivity contribution in [2.45, 2.75) is 63.1 Å². The van der Waals surface area contributed by atoms with Crippen LogP contribution in [0.3, 0.4) is 0 Å². The van der Waals surface area contributed by atoms with Crippen LogP contribution in [0, 0.1) is 0 Å². The molecule has 16 heavy (non-hydrogen) atoms. The van der Waals surface area contributed by atoms with Gasteiger partial charge in [-0.05, 0) is 58.0 Å². The van der Waals surface area contributed by atoms with Gasteiger partial charge in [-0.3, -0.25) is 0 Å². The Balaban J connectivity index is 1.50. The molecule has 0 aromatic heterocycles. The Bertz CT molecular complexity index is 261. The molecule has 0 aromatic carbocycles. The van der Waals surface area contributed by atoms with Crippen LogP contribution in [0.4, 0.5) is 0 Å². The molecular formula is C14H24N2. The molecule has 3 atom stereocenters. The van der Waals surface area contributed by atoms with Gasteiger partial charge in [0.1, 0.15) is 0 Å². The maximum absolute atomic E-state index is 3.89. The molecule has 0 spiro atoms. The summed E-state index contributed by atoms with van der Waals surface area (Å²) in [5.41, 5.74) is 0. The zero-order valence-electron chi connectivity index (χ0n) is 10.2. The van der Waals surface area contributed by atoms with Gasteiger partial charge < -0.3 is 10.2 Å². The Kier molecular flexibility index (Phi) is 3.30. The fraction of sp³-hybridized carbons (Fsp3) is 0.857. The Hall–Kier alpha value is -0.340. The maximum atomic E-state index is 3.89. The second-order valence-corrected chi connectivity index (χ2v) is 5.70. The number of piperidine rings is 1. The van der Waals surface area contributed by atoms with Gasteiger partial charge in [0, 0.05) is 18.1 Å². The predicted molar refractivity (Wildman–Crippen MR) is 67.5 cm³/mol. The predicted octanol–water partition coefficient (Wildman–Crippen LogP) is 2.31. The second kappa shape index (κ2) is 4.89. The Labute approximate surface area is 99.1 Å². The van der Waals surface area contributed by atoms with Gasteiger partial charge in [-0.1, -0.05) is 12.2 Å². The number of hydrogen-bond acceptors (Lipinski definition) is 2. The molecule has 0 radical (unpaired) electrons. The summed E-state index contributed by atoms with van der Waals surface area (Å²) in [7, 11) is 0. The van der Waals surface area contributed by atoms with Crippen LogP contribution in [0.25, 0.3) is 0 Å². The van der Waals surface area contributed by atoms with Crippen LogP contribution in [-0.2, 0) is 0 Å². The summed E-state index contributed by atoms with van der Waals surface area (Å²) >= 11 is 0. The minimum absolute atomic E-state index is 0.767. The van der Waals surface area contributed by atoms with Gasteiger partial charge in [-0.25, -0.2) is 0 Å². The maximum Gasteiger partial charge on any atom is 0.0111 e. The van der Waals surface area contributed by atoms with Crippen LogP contribution in [0.2, 0.25) is 0 Å². The molecule has 3 unspecified atom stereocenters. The van der Waals surface area contributed by atoms with E-state index in [-0.39, 0.29) is 0 Å². The van der Waals surface area contributed by atoms with Gasteiger partial charge in [0.15, 0.2) is 0 Å². The molecular weight excluding hydrogens is 196 g/mol. The molecule has 1 aliphatic carbocycles.